The predicted molar refractivity (Wildman–Crippen MR) is 66.7 cm³/mol. The average molecular weight is 279 g/mol. The Hall–Kier alpha value is 0.400. The first-order chi connectivity index (χ1) is 7.34. The van der Waals surface area contributed by atoms with E-state index in [9.17, 15) is 0 Å². The average Bonchev–Trinajstić information content (AvgIpc) is 2.22. The van der Waals surface area contributed by atoms with Gasteiger partial charge in [-0.1, -0.05) is 41.6 Å². The predicted octanol–water partition coefficient (Wildman–Crippen LogP) is 3.53. The highest BCUT2D eigenvalue weighted by atomic mass is 79.9. The molecule has 2 unspecified atom stereocenters. The van der Waals surface area contributed by atoms with Crippen molar-refractivity contribution in [3.63, 3.8) is 0 Å². The summed E-state index contributed by atoms with van der Waals surface area (Å²) in [4.78, 5) is 0.541. The van der Waals surface area contributed by atoms with Gasteiger partial charge < -0.3 is 9.47 Å². The molecule has 0 spiro atoms. The molecule has 0 amide bonds. The van der Waals surface area contributed by atoms with Gasteiger partial charge in [-0.2, -0.15) is 0 Å². The van der Waals surface area contributed by atoms with Crippen molar-refractivity contribution in [2.24, 2.45) is 0 Å². The topological polar surface area (TPSA) is 18.5 Å². The molecule has 2 nitrogen and oxygen atoms in total. The van der Waals surface area contributed by atoms with Gasteiger partial charge in [0.1, 0.15) is 0 Å². The molecule has 0 heterocycles. The zero-order valence-electron chi connectivity index (χ0n) is 9.71. The summed E-state index contributed by atoms with van der Waals surface area (Å²) in [5.41, 5.74) is 0. The van der Waals surface area contributed by atoms with Gasteiger partial charge in [0.25, 0.3) is 0 Å². The van der Waals surface area contributed by atoms with E-state index in [0.717, 1.165) is 19.8 Å². The van der Waals surface area contributed by atoms with Crippen LogP contribution in [0.3, 0.4) is 0 Å². The smallest absolute Gasteiger partial charge is 0.0704 e. The van der Waals surface area contributed by atoms with Gasteiger partial charge in [0.15, 0.2) is 0 Å². The van der Waals surface area contributed by atoms with E-state index in [0.29, 0.717) is 10.9 Å². The van der Waals surface area contributed by atoms with Crippen molar-refractivity contribution >= 4 is 15.9 Å². The number of alkyl halides is 1. The number of hydrogen-bond acceptors (Lipinski definition) is 2. The molecule has 2 atom stereocenters. The summed E-state index contributed by atoms with van der Waals surface area (Å²) in [6, 6.07) is 0. The lowest BCUT2D eigenvalue weighted by Gasteiger charge is -2.25. The van der Waals surface area contributed by atoms with Crippen molar-refractivity contribution in [2.45, 2.75) is 56.4 Å². The second-order valence-corrected chi connectivity index (χ2v) is 5.29. The van der Waals surface area contributed by atoms with Crippen LogP contribution in [0.15, 0.2) is 0 Å². The molecule has 15 heavy (non-hydrogen) atoms. The third-order valence-corrected chi connectivity index (χ3v) is 3.93. The largest absolute Gasteiger partial charge is 0.379 e. The molecule has 0 aromatic carbocycles. The van der Waals surface area contributed by atoms with Crippen LogP contribution in [-0.4, -0.2) is 30.8 Å². The number of rotatable bonds is 5. The zero-order valence-corrected chi connectivity index (χ0v) is 11.3. The molecule has 1 aliphatic carbocycles. The Bertz CT molecular complexity index is 153. The minimum Gasteiger partial charge on any atom is -0.379 e. The minimum atomic E-state index is 0.394. The first-order valence-electron chi connectivity index (χ1n) is 6.18. The highest BCUT2D eigenvalue weighted by Crippen LogP contribution is 2.25. The Balaban J connectivity index is 2.17. The molecule has 1 saturated carbocycles. The molecule has 1 fully saturated rings. The molecule has 0 radical (unpaired) electrons. The lowest BCUT2D eigenvalue weighted by molar-refractivity contribution is 0.000528. The molecule has 0 N–H and O–H groups in total. The highest BCUT2D eigenvalue weighted by Gasteiger charge is 2.20. The van der Waals surface area contributed by atoms with E-state index in [4.69, 9.17) is 9.47 Å². The van der Waals surface area contributed by atoms with Gasteiger partial charge in [-0.05, 0) is 19.8 Å². The molecule has 0 aromatic heterocycles. The lowest BCUT2D eigenvalue weighted by Crippen LogP contribution is -2.27. The zero-order chi connectivity index (χ0) is 10.9. The molecular weight excluding hydrogens is 256 g/mol. The molecule has 1 aliphatic rings. The maximum atomic E-state index is 5.86. The lowest BCUT2D eigenvalue weighted by atomic mass is 9.98. The Morgan fingerprint density at radius 3 is 2.53 bits per heavy atom. The van der Waals surface area contributed by atoms with Crippen molar-refractivity contribution in [1.82, 2.24) is 0 Å². The summed E-state index contributed by atoms with van der Waals surface area (Å²) in [6.07, 6.45) is 8.23. The Morgan fingerprint density at radius 2 is 1.80 bits per heavy atom. The van der Waals surface area contributed by atoms with Crippen molar-refractivity contribution < 1.29 is 9.47 Å². The maximum absolute atomic E-state index is 5.86. The van der Waals surface area contributed by atoms with Crippen LogP contribution in [0.2, 0.25) is 0 Å². The van der Waals surface area contributed by atoms with Gasteiger partial charge in [-0.3, -0.25) is 0 Å². The van der Waals surface area contributed by atoms with E-state index >= 15 is 0 Å². The Labute approximate surface area is 102 Å². The molecule has 90 valence electrons. The van der Waals surface area contributed by atoms with Crippen LogP contribution in [-0.2, 0) is 9.47 Å². The van der Waals surface area contributed by atoms with Crippen LogP contribution in [0.5, 0.6) is 0 Å². The van der Waals surface area contributed by atoms with E-state index in [1.807, 2.05) is 6.92 Å². The van der Waals surface area contributed by atoms with Crippen LogP contribution < -0.4 is 0 Å². The van der Waals surface area contributed by atoms with Crippen molar-refractivity contribution in [1.29, 1.82) is 0 Å². The Morgan fingerprint density at radius 1 is 1.07 bits per heavy atom. The van der Waals surface area contributed by atoms with E-state index in [2.05, 4.69) is 15.9 Å². The summed E-state index contributed by atoms with van der Waals surface area (Å²) in [5, 5.41) is 0. The number of ether oxygens (including phenoxy) is 2. The fourth-order valence-electron chi connectivity index (χ4n) is 2.00. The molecule has 3 heteroatoms. The fourth-order valence-corrected chi connectivity index (χ4v) is 2.74. The first kappa shape index (κ1) is 13.5. The summed E-state index contributed by atoms with van der Waals surface area (Å²) in [5.74, 6) is 0. The number of hydrogen-bond donors (Lipinski definition) is 0. The van der Waals surface area contributed by atoms with Crippen LogP contribution in [0.4, 0.5) is 0 Å². The first-order valence-corrected chi connectivity index (χ1v) is 7.09. The second kappa shape index (κ2) is 8.54. The summed E-state index contributed by atoms with van der Waals surface area (Å²) < 4.78 is 11.1. The van der Waals surface area contributed by atoms with Gasteiger partial charge in [-0.15, -0.1) is 0 Å². The summed E-state index contributed by atoms with van der Waals surface area (Å²) in [7, 11) is 0. The standard InChI is InChI=1S/C12H23BrO2/c1-2-14-9-10-15-12-8-6-4-3-5-7-11(12)13/h11-12H,2-10H2,1H3. The molecular formula is C12H23BrO2. The molecule has 1 rings (SSSR count). The second-order valence-electron chi connectivity index (χ2n) is 4.11. The molecule has 0 aromatic rings. The van der Waals surface area contributed by atoms with E-state index in [1.54, 1.807) is 0 Å². The van der Waals surface area contributed by atoms with E-state index < -0.39 is 0 Å². The van der Waals surface area contributed by atoms with Crippen LogP contribution >= 0.6 is 15.9 Å². The van der Waals surface area contributed by atoms with Gasteiger partial charge in [0, 0.05) is 11.4 Å². The van der Waals surface area contributed by atoms with E-state index in [1.165, 1.54) is 38.5 Å². The van der Waals surface area contributed by atoms with Crippen molar-refractivity contribution in [2.75, 3.05) is 19.8 Å². The minimum absolute atomic E-state index is 0.394. The summed E-state index contributed by atoms with van der Waals surface area (Å²) >= 11 is 3.74. The van der Waals surface area contributed by atoms with Crippen molar-refractivity contribution in [3.05, 3.63) is 0 Å². The third-order valence-electron chi connectivity index (χ3n) is 2.89. The monoisotopic (exact) mass is 278 g/mol. The normalized spacial score (nSPS) is 28.4. The Kier molecular flexibility index (Phi) is 7.67. The fraction of sp³-hybridized carbons (Fsp3) is 1.00. The van der Waals surface area contributed by atoms with Gasteiger partial charge in [-0.25, -0.2) is 0 Å². The summed E-state index contributed by atoms with van der Waals surface area (Å²) in [6.45, 7) is 4.27. The SMILES string of the molecule is CCOCCOC1CCCCCCC1Br. The quantitative estimate of drug-likeness (QED) is 0.566. The molecule has 0 aliphatic heterocycles. The highest BCUT2D eigenvalue weighted by molar-refractivity contribution is 9.09. The van der Waals surface area contributed by atoms with Crippen molar-refractivity contribution in [3.8, 4) is 0 Å². The maximum Gasteiger partial charge on any atom is 0.0704 e. The van der Waals surface area contributed by atoms with Crippen LogP contribution in [0.25, 0.3) is 0 Å². The van der Waals surface area contributed by atoms with Gasteiger partial charge in [0.2, 0.25) is 0 Å². The van der Waals surface area contributed by atoms with E-state index in [-0.39, 0.29) is 0 Å². The van der Waals surface area contributed by atoms with Crippen LogP contribution in [0.1, 0.15) is 45.4 Å². The number of halogens is 1. The van der Waals surface area contributed by atoms with Gasteiger partial charge >= 0.3 is 0 Å². The van der Waals surface area contributed by atoms with Crippen LogP contribution in [0, 0.1) is 0 Å². The third kappa shape index (κ3) is 5.88. The molecule has 0 bridgehead atoms. The van der Waals surface area contributed by atoms with Gasteiger partial charge in [0.05, 0.1) is 19.3 Å². The molecule has 0 saturated heterocycles.